The molecule has 4 fully saturated rings. The minimum absolute atomic E-state index is 0.0255. The first kappa shape index (κ1) is 63.4. The molecular formula is C55H90FN7O15. The van der Waals surface area contributed by atoms with Crippen molar-refractivity contribution in [3.05, 3.63) is 47.3 Å². The second kappa shape index (κ2) is 26.8. The number of hydrogen-bond acceptors (Lipinski definition) is 19. The molecule has 2 aromatic rings. The quantitative estimate of drug-likeness (QED) is 0.132. The third kappa shape index (κ3) is 14.8. The van der Waals surface area contributed by atoms with Crippen molar-refractivity contribution in [1.29, 1.82) is 0 Å². The van der Waals surface area contributed by atoms with Gasteiger partial charge in [-0.3, -0.25) is 14.4 Å². The average Bonchev–Trinajstić information content (AvgIpc) is 3.89. The fourth-order valence-electron chi connectivity index (χ4n) is 11.7. The zero-order chi connectivity index (χ0) is 57.6. The van der Waals surface area contributed by atoms with Gasteiger partial charge in [-0.25, -0.2) is 9.07 Å². The Morgan fingerprint density at radius 3 is 2.31 bits per heavy atom. The Morgan fingerprint density at radius 1 is 0.987 bits per heavy atom. The topological polar surface area (TPSA) is 269 Å². The highest BCUT2D eigenvalue weighted by Crippen LogP contribution is 2.39. The van der Waals surface area contributed by atoms with Crippen molar-refractivity contribution in [2.45, 2.75) is 203 Å². The first-order chi connectivity index (χ1) is 36.7. The van der Waals surface area contributed by atoms with E-state index in [0.29, 0.717) is 55.8 Å². The second-order valence-corrected chi connectivity index (χ2v) is 23.2. The summed E-state index contributed by atoms with van der Waals surface area (Å²) in [6.07, 6.45) is -8.46. The highest BCUT2D eigenvalue weighted by atomic mass is 19.1. The van der Waals surface area contributed by atoms with Crippen molar-refractivity contribution in [2.75, 3.05) is 67.7 Å². The van der Waals surface area contributed by atoms with Gasteiger partial charge in [-0.05, 0) is 105 Å². The highest BCUT2D eigenvalue weighted by Gasteiger charge is 2.51. The van der Waals surface area contributed by atoms with E-state index in [0.717, 1.165) is 0 Å². The van der Waals surface area contributed by atoms with Crippen LogP contribution in [-0.2, 0) is 49.2 Å². The molecule has 4 saturated heterocycles. The number of methoxy groups -OCH3 is 2. The number of rotatable bonds is 16. The first-order valence-corrected chi connectivity index (χ1v) is 27.6. The molecule has 4 aliphatic rings. The van der Waals surface area contributed by atoms with Gasteiger partial charge in [0.05, 0.1) is 53.8 Å². The minimum atomic E-state index is -1.86. The van der Waals surface area contributed by atoms with Crippen LogP contribution in [0.25, 0.3) is 0 Å². The number of carbonyl (C=O) groups is 3. The summed E-state index contributed by atoms with van der Waals surface area (Å²) in [5.41, 5.74) is -3.03. The molecule has 0 saturated carbocycles. The van der Waals surface area contributed by atoms with E-state index in [-0.39, 0.29) is 50.0 Å². The summed E-state index contributed by atoms with van der Waals surface area (Å²) in [5, 5.41) is 70.9. The van der Waals surface area contributed by atoms with Crippen LogP contribution >= 0.6 is 0 Å². The zero-order valence-electron chi connectivity index (χ0n) is 48.0. The molecule has 6 rings (SSSR count). The fraction of sp³-hybridized carbons (Fsp3) is 0.800. The van der Waals surface area contributed by atoms with Crippen molar-refractivity contribution >= 4 is 17.8 Å². The number of carbonyl (C=O) groups excluding carboxylic acids is 3. The SMILES string of the molecule is CC[C@H]1OC(=O)[C@H](C)[C@@H](O[C@H]2C[C@@](C)(OC)[C@@H](O)[C@H](C)O2)C[C@@H](O[C@@H]2O[C@H](C)C[C@H](N(C)CCc3cn([C@H](CF)[C@H](OC)c4ccc(C(=O)N5CCNC(=O)C5)cc4)nn3)[C@H]2O)[C@](C)(O)C[C@@H](C)CN(C)[C@H](C)[C@@H](O)[C@]1(C)O. The van der Waals surface area contributed by atoms with Gasteiger partial charge in [-0.15, -0.1) is 5.10 Å². The number of nitrogens with one attached hydrogen (secondary N) is 1. The van der Waals surface area contributed by atoms with Crippen molar-refractivity contribution in [2.24, 2.45) is 11.8 Å². The Hall–Kier alpha value is -3.82. The first-order valence-electron chi connectivity index (χ1n) is 27.6. The number of aliphatic hydroxyl groups excluding tert-OH is 3. The van der Waals surface area contributed by atoms with Crippen LogP contribution in [0.3, 0.4) is 0 Å². The van der Waals surface area contributed by atoms with Gasteiger partial charge in [0.2, 0.25) is 5.91 Å². The summed E-state index contributed by atoms with van der Waals surface area (Å²) in [7, 11) is 6.63. The van der Waals surface area contributed by atoms with Crippen LogP contribution in [0, 0.1) is 11.8 Å². The maximum atomic E-state index is 15.0. The summed E-state index contributed by atoms with van der Waals surface area (Å²) >= 11 is 0. The number of likely N-dealkylation sites (N-methyl/N-ethyl adjacent to an activating group) is 2. The maximum absolute atomic E-state index is 15.0. The molecule has 5 heterocycles. The lowest BCUT2D eigenvalue weighted by atomic mass is 9.83. The number of aliphatic hydroxyl groups is 5. The van der Waals surface area contributed by atoms with Gasteiger partial charge < -0.3 is 78.7 Å². The zero-order valence-corrected chi connectivity index (χ0v) is 48.0. The maximum Gasteiger partial charge on any atom is 0.311 e. The van der Waals surface area contributed by atoms with Gasteiger partial charge in [-0.2, -0.15) is 0 Å². The number of ether oxygens (including phenoxy) is 7. The molecule has 442 valence electrons. The van der Waals surface area contributed by atoms with Crippen LogP contribution in [0.15, 0.2) is 30.5 Å². The summed E-state index contributed by atoms with van der Waals surface area (Å²) in [6, 6.07) is 4.65. The lowest BCUT2D eigenvalue weighted by molar-refractivity contribution is -0.308. The molecule has 22 nitrogen and oxygen atoms in total. The Kier molecular flexibility index (Phi) is 21.8. The number of aromatic nitrogens is 3. The van der Waals surface area contributed by atoms with E-state index < -0.39 is 121 Å². The van der Waals surface area contributed by atoms with Crippen molar-refractivity contribution < 1.29 is 77.5 Å². The molecule has 0 spiro atoms. The van der Waals surface area contributed by atoms with Gasteiger partial charge in [-0.1, -0.05) is 31.2 Å². The van der Waals surface area contributed by atoms with Crippen LogP contribution in [-0.4, -0.2) is 231 Å². The molecular weight excluding hydrogens is 1020 g/mol. The number of alkyl halides is 1. The third-order valence-electron chi connectivity index (χ3n) is 16.9. The third-order valence-corrected chi connectivity index (χ3v) is 16.9. The van der Waals surface area contributed by atoms with Crippen LogP contribution in [0.4, 0.5) is 4.39 Å². The van der Waals surface area contributed by atoms with Crippen molar-refractivity contribution in [3.63, 3.8) is 0 Å². The van der Waals surface area contributed by atoms with E-state index in [1.165, 1.54) is 30.7 Å². The highest BCUT2D eigenvalue weighted by molar-refractivity contribution is 5.97. The van der Waals surface area contributed by atoms with E-state index in [2.05, 4.69) is 15.6 Å². The lowest BCUT2D eigenvalue weighted by Gasteiger charge is -2.47. The molecule has 0 aliphatic carbocycles. The smallest absolute Gasteiger partial charge is 0.311 e. The average molecular weight is 1110 g/mol. The summed E-state index contributed by atoms with van der Waals surface area (Å²) in [5.74, 6) is -2.55. The molecule has 4 aliphatic heterocycles. The number of hydrogen-bond donors (Lipinski definition) is 6. The van der Waals surface area contributed by atoms with Gasteiger partial charge in [0, 0.05) is 83.5 Å². The van der Waals surface area contributed by atoms with E-state index in [1.807, 2.05) is 37.7 Å². The Labute approximate surface area is 459 Å². The Balaban J connectivity index is 1.21. The summed E-state index contributed by atoms with van der Waals surface area (Å²) in [4.78, 5) is 44.7. The van der Waals surface area contributed by atoms with Gasteiger partial charge in [0.15, 0.2) is 12.6 Å². The second-order valence-electron chi connectivity index (χ2n) is 23.2. The molecule has 0 unspecified atom stereocenters. The molecule has 2 amide bonds. The summed E-state index contributed by atoms with van der Waals surface area (Å²) < 4.78 is 60.1. The molecule has 1 aromatic carbocycles. The molecule has 1 aromatic heterocycles. The van der Waals surface area contributed by atoms with Crippen LogP contribution in [0.1, 0.15) is 128 Å². The predicted octanol–water partition coefficient (Wildman–Crippen LogP) is 2.33. The van der Waals surface area contributed by atoms with E-state index >= 15 is 0 Å². The van der Waals surface area contributed by atoms with Crippen LogP contribution in [0.5, 0.6) is 0 Å². The number of halogens is 1. The van der Waals surface area contributed by atoms with Crippen molar-refractivity contribution in [3.8, 4) is 0 Å². The number of cyclic esters (lactones) is 1. The van der Waals surface area contributed by atoms with Gasteiger partial charge >= 0.3 is 5.97 Å². The largest absolute Gasteiger partial charge is 0.459 e. The number of piperazine rings is 1. The molecule has 19 atom stereocenters. The van der Waals surface area contributed by atoms with E-state index in [4.69, 9.17) is 33.2 Å². The number of nitrogens with zero attached hydrogens (tertiary/aromatic N) is 6. The molecule has 0 radical (unpaired) electrons. The molecule has 6 N–H and O–H groups in total. The molecule has 0 bridgehead atoms. The number of amides is 2. The minimum Gasteiger partial charge on any atom is -0.459 e. The standard InChI is InChI=1S/C55H90FN7O15/c1-14-42-55(9,71)48(66)34(5)61(11)28-31(2)25-53(7,70)43(24-41(33(4)51(69)77-42)76-45-26-54(8,73-13)49(67)35(6)75-45)78-52-46(65)39(23-32(3)74-52)60(10)21-19-38-29-63(59-58-38)40(27-56)47(72-12)36-15-17-37(18-16-36)50(68)62-22-20-57-44(64)30-62/h15-18,29,31-35,39-43,45-49,52,65-67,70-71H,14,19-28,30H2,1-13H3,(H,57,64)/t31-,32-,33-,34-,35+,39+,40-,41+,42-,43-,45+,46-,47-,48-,49+,52+,53-,54-,55-/m1/s1. The van der Waals surface area contributed by atoms with E-state index in [1.54, 1.807) is 72.0 Å². The van der Waals surface area contributed by atoms with Crippen LogP contribution < -0.4 is 5.32 Å². The van der Waals surface area contributed by atoms with Gasteiger partial charge in [0.25, 0.3) is 5.91 Å². The van der Waals surface area contributed by atoms with Gasteiger partial charge in [0.1, 0.15) is 48.8 Å². The lowest BCUT2D eigenvalue weighted by Crippen LogP contribution is -2.59. The Morgan fingerprint density at radius 2 is 1.68 bits per heavy atom. The van der Waals surface area contributed by atoms with Crippen molar-refractivity contribution in [1.82, 2.24) is 35.0 Å². The molecule has 23 heteroatoms. The monoisotopic (exact) mass is 1110 g/mol. The summed E-state index contributed by atoms with van der Waals surface area (Å²) in [6.45, 7) is 16.2. The fourth-order valence-corrected chi connectivity index (χ4v) is 11.7. The van der Waals surface area contributed by atoms with E-state index in [9.17, 15) is 44.3 Å². The number of benzene rings is 1. The van der Waals surface area contributed by atoms with Crippen LogP contribution in [0.2, 0.25) is 0 Å². The number of esters is 1. The Bertz CT molecular complexity index is 2260. The molecule has 78 heavy (non-hydrogen) atoms. The normalized spacial score (nSPS) is 38.0. The predicted molar refractivity (Wildman–Crippen MR) is 282 cm³/mol.